The average Bonchev–Trinajstić information content (AvgIpc) is 2.37. The largest absolute Gasteiger partial charge is 0.495 e. The van der Waals surface area contributed by atoms with Gasteiger partial charge in [-0.05, 0) is 32.2 Å². The first-order valence-electron chi connectivity index (χ1n) is 6.08. The zero-order valence-corrected chi connectivity index (χ0v) is 11.8. The van der Waals surface area contributed by atoms with Crippen molar-refractivity contribution in [1.82, 2.24) is 4.90 Å². The molecule has 1 unspecified atom stereocenters. The Labute approximate surface area is 117 Å². The topological polar surface area (TPSA) is 111 Å². The van der Waals surface area contributed by atoms with Crippen LogP contribution in [-0.2, 0) is 9.59 Å². The van der Waals surface area contributed by atoms with Crippen molar-refractivity contribution in [3.63, 3.8) is 0 Å². The van der Waals surface area contributed by atoms with Gasteiger partial charge in [-0.25, -0.2) is 0 Å². The van der Waals surface area contributed by atoms with Crippen molar-refractivity contribution in [2.24, 2.45) is 5.73 Å². The molecule has 0 aromatic heterocycles. The highest BCUT2D eigenvalue weighted by Gasteiger charge is 2.20. The highest BCUT2D eigenvalue weighted by atomic mass is 16.5. The summed E-state index contributed by atoms with van der Waals surface area (Å²) in [7, 11) is 3.15. The highest BCUT2D eigenvalue weighted by Crippen LogP contribution is 2.26. The van der Waals surface area contributed by atoms with Crippen LogP contribution >= 0.6 is 0 Å². The molecule has 0 fully saturated rings. The lowest BCUT2D eigenvalue weighted by Gasteiger charge is -2.22. The van der Waals surface area contributed by atoms with E-state index >= 15 is 0 Å². The smallest absolute Gasteiger partial charge is 0.241 e. The van der Waals surface area contributed by atoms with E-state index in [-0.39, 0.29) is 12.5 Å². The van der Waals surface area contributed by atoms with E-state index in [0.29, 0.717) is 17.1 Å². The Hall–Kier alpha value is -2.28. The van der Waals surface area contributed by atoms with Gasteiger partial charge in [-0.2, -0.15) is 0 Å². The van der Waals surface area contributed by atoms with E-state index in [4.69, 9.17) is 16.2 Å². The number of hydrogen-bond acceptors (Lipinski definition) is 5. The Morgan fingerprint density at radius 3 is 2.65 bits per heavy atom. The van der Waals surface area contributed by atoms with Crippen LogP contribution in [0.2, 0.25) is 0 Å². The molecule has 0 bridgehead atoms. The maximum atomic E-state index is 12.1. The number of likely N-dealkylation sites (N-methyl/N-ethyl adjacent to an activating group) is 1. The van der Waals surface area contributed by atoms with Crippen molar-refractivity contribution in [2.45, 2.75) is 13.0 Å². The van der Waals surface area contributed by atoms with Gasteiger partial charge < -0.3 is 21.5 Å². The average molecular weight is 280 g/mol. The van der Waals surface area contributed by atoms with Gasteiger partial charge >= 0.3 is 0 Å². The molecule has 1 aromatic carbocycles. The third kappa shape index (κ3) is 4.13. The molecule has 0 aliphatic heterocycles. The van der Waals surface area contributed by atoms with Crippen LogP contribution in [0.3, 0.4) is 0 Å². The lowest BCUT2D eigenvalue weighted by atomic mass is 10.2. The fourth-order valence-corrected chi connectivity index (χ4v) is 1.64. The van der Waals surface area contributed by atoms with Gasteiger partial charge in [-0.1, -0.05) is 0 Å². The van der Waals surface area contributed by atoms with Crippen molar-refractivity contribution in [2.75, 3.05) is 31.8 Å². The first-order chi connectivity index (χ1) is 9.35. The van der Waals surface area contributed by atoms with E-state index in [1.807, 2.05) is 0 Å². The molecule has 0 saturated heterocycles. The highest BCUT2D eigenvalue weighted by molar-refractivity contribution is 5.96. The maximum absolute atomic E-state index is 12.1. The molecule has 7 heteroatoms. The van der Waals surface area contributed by atoms with Gasteiger partial charge in [0.2, 0.25) is 11.8 Å². The number of primary amides is 1. The number of nitrogens with two attached hydrogens (primary N) is 2. The Morgan fingerprint density at radius 1 is 1.45 bits per heavy atom. The number of hydrogen-bond donors (Lipinski definition) is 3. The van der Waals surface area contributed by atoms with Crippen LogP contribution in [0.4, 0.5) is 11.4 Å². The van der Waals surface area contributed by atoms with Crippen molar-refractivity contribution < 1.29 is 14.3 Å². The summed E-state index contributed by atoms with van der Waals surface area (Å²) in [4.78, 5) is 24.5. The molecule has 0 aliphatic carbocycles. The summed E-state index contributed by atoms with van der Waals surface area (Å²) in [5.74, 6) is -0.261. The number of amides is 2. The molecule has 1 aromatic rings. The number of benzene rings is 1. The fraction of sp³-hybridized carbons (Fsp3) is 0.385. The van der Waals surface area contributed by atoms with Crippen molar-refractivity contribution in [1.29, 1.82) is 0 Å². The van der Waals surface area contributed by atoms with E-state index in [1.165, 1.54) is 7.11 Å². The first kappa shape index (κ1) is 15.8. The summed E-state index contributed by atoms with van der Waals surface area (Å²) in [6.07, 6.45) is 0. The van der Waals surface area contributed by atoms with E-state index in [9.17, 15) is 9.59 Å². The molecule has 5 N–H and O–H groups in total. The fourth-order valence-electron chi connectivity index (χ4n) is 1.64. The zero-order valence-electron chi connectivity index (χ0n) is 11.8. The molecule has 1 atom stereocenters. The molecule has 1 rings (SSSR count). The van der Waals surface area contributed by atoms with Crippen LogP contribution < -0.4 is 21.5 Å². The number of carbonyl (C=O) groups excluding carboxylic acids is 2. The number of nitrogen functional groups attached to an aromatic ring is 1. The number of ether oxygens (including phenoxy) is 1. The lowest BCUT2D eigenvalue weighted by Crippen LogP contribution is -2.43. The standard InChI is InChI=1S/C13H20N4O3/c1-8(17(2)7-12(15)18)13(19)16-10-6-9(14)4-5-11(10)20-3/h4-6,8H,7,14H2,1-3H3,(H2,15,18)(H,16,19). The second kappa shape index (κ2) is 6.76. The van der Waals surface area contributed by atoms with Crippen LogP contribution in [-0.4, -0.2) is 43.5 Å². The summed E-state index contributed by atoms with van der Waals surface area (Å²) in [6.45, 7) is 1.68. The number of methoxy groups -OCH3 is 1. The molecule has 20 heavy (non-hydrogen) atoms. The molecule has 0 saturated carbocycles. The Bertz CT molecular complexity index is 504. The number of nitrogens with one attached hydrogen (secondary N) is 1. The second-order valence-electron chi connectivity index (χ2n) is 4.51. The van der Waals surface area contributed by atoms with E-state index in [1.54, 1.807) is 37.1 Å². The minimum Gasteiger partial charge on any atom is -0.495 e. The molecular weight excluding hydrogens is 260 g/mol. The van der Waals surface area contributed by atoms with Gasteiger partial charge in [0.25, 0.3) is 0 Å². The Balaban J connectivity index is 2.79. The quantitative estimate of drug-likeness (QED) is 0.636. The lowest BCUT2D eigenvalue weighted by molar-refractivity contribution is -0.123. The minimum atomic E-state index is -0.520. The third-order valence-corrected chi connectivity index (χ3v) is 2.93. The van der Waals surface area contributed by atoms with E-state index < -0.39 is 11.9 Å². The van der Waals surface area contributed by atoms with Crippen LogP contribution in [0.15, 0.2) is 18.2 Å². The van der Waals surface area contributed by atoms with Crippen LogP contribution in [0.25, 0.3) is 0 Å². The summed E-state index contributed by atoms with van der Waals surface area (Å²) >= 11 is 0. The number of carbonyl (C=O) groups is 2. The summed E-state index contributed by atoms with van der Waals surface area (Å²) in [5.41, 5.74) is 11.8. The van der Waals surface area contributed by atoms with Gasteiger partial charge in [0.15, 0.2) is 0 Å². The molecule has 0 heterocycles. The van der Waals surface area contributed by atoms with Crippen LogP contribution in [0.1, 0.15) is 6.92 Å². The van der Waals surface area contributed by atoms with Gasteiger partial charge in [0.1, 0.15) is 5.75 Å². The molecule has 110 valence electrons. The maximum Gasteiger partial charge on any atom is 0.241 e. The van der Waals surface area contributed by atoms with Crippen LogP contribution in [0.5, 0.6) is 5.75 Å². The van der Waals surface area contributed by atoms with Gasteiger partial charge in [0, 0.05) is 5.69 Å². The number of nitrogens with zero attached hydrogens (tertiary/aromatic N) is 1. The number of anilines is 2. The summed E-state index contributed by atoms with van der Waals surface area (Å²) < 4.78 is 5.15. The van der Waals surface area contributed by atoms with E-state index in [0.717, 1.165) is 0 Å². The number of rotatable bonds is 6. The molecule has 7 nitrogen and oxygen atoms in total. The monoisotopic (exact) mass is 280 g/mol. The normalized spacial score (nSPS) is 12.0. The van der Waals surface area contributed by atoms with Crippen molar-refractivity contribution in [3.05, 3.63) is 18.2 Å². The molecule has 2 amide bonds. The van der Waals surface area contributed by atoms with Crippen LogP contribution in [0, 0.1) is 0 Å². The van der Waals surface area contributed by atoms with Crippen molar-refractivity contribution >= 4 is 23.2 Å². The van der Waals surface area contributed by atoms with Crippen molar-refractivity contribution in [3.8, 4) is 5.75 Å². The van der Waals surface area contributed by atoms with Gasteiger partial charge in [-0.15, -0.1) is 0 Å². The van der Waals surface area contributed by atoms with E-state index in [2.05, 4.69) is 5.32 Å². The zero-order chi connectivity index (χ0) is 15.3. The third-order valence-electron chi connectivity index (χ3n) is 2.93. The SMILES string of the molecule is COc1ccc(N)cc1NC(=O)C(C)N(C)CC(N)=O. The molecule has 0 radical (unpaired) electrons. The summed E-state index contributed by atoms with van der Waals surface area (Å²) in [5, 5.41) is 2.72. The molecule has 0 aliphatic rings. The predicted octanol–water partition coefficient (Wildman–Crippen LogP) is 0.0215. The Kier molecular flexibility index (Phi) is 5.33. The Morgan fingerprint density at radius 2 is 2.10 bits per heavy atom. The van der Waals surface area contributed by atoms with Gasteiger partial charge in [-0.3, -0.25) is 14.5 Å². The first-order valence-corrected chi connectivity index (χ1v) is 6.08. The minimum absolute atomic E-state index is 0.00263. The molecular formula is C13H20N4O3. The van der Waals surface area contributed by atoms with Gasteiger partial charge in [0.05, 0.1) is 25.4 Å². The predicted molar refractivity (Wildman–Crippen MR) is 77.3 cm³/mol. The molecule has 0 spiro atoms. The summed E-state index contributed by atoms with van der Waals surface area (Å²) in [6, 6.07) is 4.44. The second-order valence-corrected chi connectivity index (χ2v) is 4.51.